The van der Waals surface area contributed by atoms with Gasteiger partial charge in [0.05, 0.1) is 6.04 Å². The summed E-state index contributed by atoms with van der Waals surface area (Å²) in [4.78, 5) is 0. The predicted molar refractivity (Wildman–Crippen MR) is 85.3 cm³/mol. The third-order valence-electron chi connectivity index (χ3n) is 3.09. The van der Waals surface area contributed by atoms with Crippen LogP contribution in [0.2, 0.25) is 0 Å². The SMILES string of the molecule is Cc1ccc(NC(=S)N[C@H](C)c2ccc(F)cc2F)cc1. The standard InChI is InChI=1S/C16H16F2N2S/c1-10-3-6-13(7-4-10)20-16(21)19-11(2)14-8-5-12(17)9-15(14)18/h3-9,11H,1-2H3,(H2,19,20,21)/t11-/m1/s1. The molecule has 0 aliphatic carbocycles. The highest BCUT2D eigenvalue weighted by molar-refractivity contribution is 7.80. The van der Waals surface area contributed by atoms with E-state index in [9.17, 15) is 8.78 Å². The van der Waals surface area contributed by atoms with Gasteiger partial charge in [0.1, 0.15) is 11.6 Å². The van der Waals surface area contributed by atoms with Crippen LogP contribution in [0.15, 0.2) is 42.5 Å². The summed E-state index contributed by atoms with van der Waals surface area (Å²) in [5.74, 6) is -1.18. The van der Waals surface area contributed by atoms with E-state index < -0.39 is 11.6 Å². The Kier molecular flexibility index (Phi) is 4.85. The summed E-state index contributed by atoms with van der Waals surface area (Å²) in [6, 6.07) is 10.9. The van der Waals surface area contributed by atoms with Crippen LogP contribution in [0.5, 0.6) is 0 Å². The first-order valence-corrected chi connectivity index (χ1v) is 6.95. The fourth-order valence-electron chi connectivity index (χ4n) is 1.93. The molecule has 2 nitrogen and oxygen atoms in total. The Morgan fingerprint density at radius 2 is 1.76 bits per heavy atom. The lowest BCUT2D eigenvalue weighted by Crippen LogP contribution is -2.31. The minimum Gasteiger partial charge on any atom is -0.356 e. The first kappa shape index (κ1) is 15.4. The van der Waals surface area contributed by atoms with Crippen molar-refractivity contribution in [3.8, 4) is 0 Å². The Morgan fingerprint density at radius 1 is 1.10 bits per heavy atom. The zero-order valence-electron chi connectivity index (χ0n) is 11.8. The largest absolute Gasteiger partial charge is 0.356 e. The molecule has 0 aromatic heterocycles. The molecule has 0 unspecified atom stereocenters. The van der Waals surface area contributed by atoms with E-state index in [1.165, 1.54) is 12.1 Å². The molecule has 0 heterocycles. The Balaban J connectivity index is 2.00. The monoisotopic (exact) mass is 306 g/mol. The normalized spacial score (nSPS) is 11.8. The minimum absolute atomic E-state index is 0.365. The van der Waals surface area contributed by atoms with E-state index in [1.807, 2.05) is 31.2 Å². The second kappa shape index (κ2) is 6.63. The topological polar surface area (TPSA) is 24.1 Å². The number of thiocarbonyl (C=S) groups is 1. The van der Waals surface area contributed by atoms with Crippen LogP contribution in [0, 0.1) is 18.6 Å². The van der Waals surface area contributed by atoms with Crippen LogP contribution < -0.4 is 10.6 Å². The summed E-state index contributed by atoms with van der Waals surface area (Å²) in [6.07, 6.45) is 0. The van der Waals surface area contributed by atoms with Gasteiger partial charge in [-0.05, 0) is 44.3 Å². The summed E-state index contributed by atoms with van der Waals surface area (Å²) < 4.78 is 26.6. The molecule has 5 heteroatoms. The van der Waals surface area contributed by atoms with E-state index >= 15 is 0 Å². The smallest absolute Gasteiger partial charge is 0.171 e. The number of halogens is 2. The molecule has 0 aliphatic rings. The van der Waals surface area contributed by atoms with Gasteiger partial charge in [0.2, 0.25) is 0 Å². The van der Waals surface area contributed by atoms with Crippen LogP contribution in [0.4, 0.5) is 14.5 Å². The maximum absolute atomic E-state index is 13.7. The molecular weight excluding hydrogens is 290 g/mol. The Labute approximate surface area is 128 Å². The third-order valence-corrected chi connectivity index (χ3v) is 3.31. The van der Waals surface area contributed by atoms with Crippen molar-refractivity contribution in [3.05, 3.63) is 65.2 Å². The van der Waals surface area contributed by atoms with Gasteiger partial charge in [0.25, 0.3) is 0 Å². The predicted octanol–water partition coefficient (Wildman–Crippen LogP) is 4.32. The highest BCUT2D eigenvalue weighted by Gasteiger charge is 2.12. The molecule has 21 heavy (non-hydrogen) atoms. The molecule has 0 saturated carbocycles. The fourth-order valence-corrected chi connectivity index (χ4v) is 2.23. The van der Waals surface area contributed by atoms with Crippen molar-refractivity contribution in [1.29, 1.82) is 0 Å². The van der Waals surface area contributed by atoms with E-state index in [-0.39, 0.29) is 6.04 Å². The summed E-state index contributed by atoms with van der Waals surface area (Å²) >= 11 is 5.20. The van der Waals surface area contributed by atoms with Gasteiger partial charge in [-0.15, -0.1) is 0 Å². The van der Waals surface area contributed by atoms with Crippen LogP contribution in [-0.2, 0) is 0 Å². The van der Waals surface area contributed by atoms with Gasteiger partial charge >= 0.3 is 0 Å². The molecule has 0 aliphatic heterocycles. The van der Waals surface area contributed by atoms with Crippen LogP contribution in [0.1, 0.15) is 24.1 Å². The van der Waals surface area contributed by atoms with Gasteiger partial charge in [-0.2, -0.15) is 0 Å². The summed E-state index contributed by atoms with van der Waals surface area (Å²) in [6.45, 7) is 3.76. The minimum atomic E-state index is -0.594. The van der Waals surface area contributed by atoms with Crippen LogP contribution in [-0.4, -0.2) is 5.11 Å². The number of rotatable bonds is 3. The number of anilines is 1. The maximum atomic E-state index is 13.7. The molecule has 0 spiro atoms. The average Bonchev–Trinajstić information content (AvgIpc) is 2.41. The number of hydrogen-bond donors (Lipinski definition) is 2. The van der Waals surface area contributed by atoms with Crippen molar-refractivity contribution in [2.75, 3.05) is 5.32 Å². The van der Waals surface area contributed by atoms with Gasteiger partial charge in [0.15, 0.2) is 5.11 Å². The second-order valence-electron chi connectivity index (χ2n) is 4.85. The molecule has 0 amide bonds. The summed E-state index contributed by atoms with van der Waals surface area (Å²) in [5.41, 5.74) is 2.37. The molecule has 0 bridgehead atoms. The lowest BCUT2D eigenvalue weighted by atomic mass is 10.1. The first-order valence-electron chi connectivity index (χ1n) is 6.55. The summed E-state index contributed by atoms with van der Waals surface area (Å²) in [7, 11) is 0. The van der Waals surface area contributed by atoms with Crippen molar-refractivity contribution < 1.29 is 8.78 Å². The Hall–Kier alpha value is -2.01. The first-order chi connectivity index (χ1) is 9.95. The molecule has 110 valence electrons. The van der Waals surface area contributed by atoms with Gasteiger partial charge in [-0.25, -0.2) is 8.78 Å². The van der Waals surface area contributed by atoms with Crippen molar-refractivity contribution in [1.82, 2.24) is 5.32 Å². The number of benzene rings is 2. The van der Waals surface area contributed by atoms with E-state index in [4.69, 9.17) is 12.2 Å². The highest BCUT2D eigenvalue weighted by Crippen LogP contribution is 2.18. The van der Waals surface area contributed by atoms with Crippen molar-refractivity contribution >= 4 is 23.0 Å². The third kappa shape index (κ3) is 4.23. The van der Waals surface area contributed by atoms with Crippen molar-refractivity contribution in [2.24, 2.45) is 0 Å². The quantitative estimate of drug-likeness (QED) is 0.826. The Bertz CT molecular complexity index is 641. The molecule has 2 N–H and O–H groups in total. The number of aryl methyl sites for hydroxylation is 1. The zero-order chi connectivity index (χ0) is 15.4. The second-order valence-corrected chi connectivity index (χ2v) is 5.26. The van der Waals surface area contributed by atoms with Crippen LogP contribution >= 0.6 is 12.2 Å². The van der Waals surface area contributed by atoms with Gasteiger partial charge < -0.3 is 10.6 Å². The Morgan fingerprint density at radius 3 is 2.38 bits per heavy atom. The van der Waals surface area contributed by atoms with E-state index in [0.29, 0.717) is 10.7 Å². The van der Waals surface area contributed by atoms with Gasteiger partial charge in [-0.1, -0.05) is 23.8 Å². The molecule has 0 saturated heterocycles. The lowest BCUT2D eigenvalue weighted by molar-refractivity contribution is 0.554. The molecule has 1 atom stereocenters. The maximum Gasteiger partial charge on any atom is 0.171 e. The number of nitrogens with one attached hydrogen (secondary N) is 2. The fraction of sp³-hybridized carbons (Fsp3) is 0.188. The van der Waals surface area contributed by atoms with E-state index in [2.05, 4.69) is 10.6 Å². The molecule has 0 fully saturated rings. The molecule has 2 aromatic rings. The lowest BCUT2D eigenvalue weighted by Gasteiger charge is -2.18. The molecule has 2 rings (SSSR count). The van der Waals surface area contributed by atoms with Crippen molar-refractivity contribution in [2.45, 2.75) is 19.9 Å². The molecular formula is C16H16F2N2S. The summed E-state index contributed by atoms with van der Waals surface area (Å²) in [5, 5.41) is 6.39. The molecule has 2 aromatic carbocycles. The van der Waals surface area contributed by atoms with Gasteiger partial charge in [0, 0.05) is 17.3 Å². The van der Waals surface area contributed by atoms with Gasteiger partial charge in [-0.3, -0.25) is 0 Å². The van der Waals surface area contributed by atoms with Crippen LogP contribution in [0.25, 0.3) is 0 Å². The zero-order valence-corrected chi connectivity index (χ0v) is 12.6. The highest BCUT2D eigenvalue weighted by atomic mass is 32.1. The van der Waals surface area contributed by atoms with Crippen molar-refractivity contribution in [3.63, 3.8) is 0 Å². The number of hydrogen-bond acceptors (Lipinski definition) is 1. The van der Waals surface area contributed by atoms with E-state index in [0.717, 1.165) is 17.3 Å². The van der Waals surface area contributed by atoms with Crippen LogP contribution in [0.3, 0.4) is 0 Å². The molecule has 0 radical (unpaired) electrons. The van der Waals surface area contributed by atoms with E-state index in [1.54, 1.807) is 6.92 Å². The average molecular weight is 306 g/mol.